The Balaban J connectivity index is 0.747. The molecule has 6 amide bonds. The van der Waals surface area contributed by atoms with Crippen LogP contribution in [0.4, 0.5) is 16.3 Å². The molecule has 0 aliphatic carbocycles. The Bertz CT molecular complexity index is 2490. The third-order valence-corrected chi connectivity index (χ3v) is 12.0. The number of imide groups is 2. The number of nitrogen functional groups attached to an aromatic ring is 1. The maximum absolute atomic E-state index is 13.2. The van der Waals surface area contributed by atoms with E-state index in [9.17, 15) is 24.0 Å². The van der Waals surface area contributed by atoms with E-state index in [1.807, 2.05) is 64.2 Å². The van der Waals surface area contributed by atoms with E-state index in [-0.39, 0.29) is 36.0 Å². The summed E-state index contributed by atoms with van der Waals surface area (Å²) in [6.45, 7) is 4.89. The van der Waals surface area contributed by atoms with Crippen LogP contribution in [0.3, 0.4) is 0 Å². The van der Waals surface area contributed by atoms with Gasteiger partial charge in [-0.05, 0) is 99.2 Å². The van der Waals surface area contributed by atoms with Crippen LogP contribution < -0.4 is 26.4 Å². The number of rotatable bonds is 11. The van der Waals surface area contributed by atoms with Crippen molar-refractivity contribution in [1.82, 2.24) is 45.1 Å². The summed E-state index contributed by atoms with van der Waals surface area (Å²) in [5.41, 5.74) is 9.85. The molecule has 0 spiro atoms. The Hall–Kier alpha value is -6.88. The molecular formula is C44H47N11O6. The van der Waals surface area contributed by atoms with Gasteiger partial charge in [0.1, 0.15) is 35.4 Å². The molecule has 17 heteroatoms. The van der Waals surface area contributed by atoms with Crippen LogP contribution in [0, 0.1) is 5.92 Å². The van der Waals surface area contributed by atoms with Crippen LogP contribution in [0.2, 0.25) is 0 Å². The highest BCUT2D eigenvalue weighted by atomic mass is 16.5. The minimum absolute atomic E-state index is 0.0600. The zero-order chi connectivity index (χ0) is 42.0. The topological polar surface area (TPSA) is 210 Å². The highest BCUT2D eigenvalue weighted by Crippen LogP contribution is 2.36. The number of likely N-dealkylation sites (tertiary alicyclic amines) is 2. The van der Waals surface area contributed by atoms with Gasteiger partial charge < -0.3 is 30.9 Å². The van der Waals surface area contributed by atoms with Gasteiger partial charge in [0.2, 0.25) is 11.8 Å². The van der Waals surface area contributed by atoms with E-state index in [4.69, 9.17) is 15.6 Å². The molecule has 0 radical (unpaired) electrons. The third-order valence-electron chi connectivity index (χ3n) is 12.0. The zero-order valence-corrected chi connectivity index (χ0v) is 33.6. The van der Waals surface area contributed by atoms with Crippen molar-refractivity contribution in [3.05, 3.63) is 90.3 Å². The Morgan fingerprint density at radius 2 is 1.62 bits per heavy atom. The van der Waals surface area contributed by atoms with Crippen molar-refractivity contribution in [3.8, 4) is 22.8 Å². The first kappa shape index (κ1) is 39.6. The van der Waals surface area contributed by atoms with Gasteiger partial charge in [-0.25, -0.2) is 19.4 Å². The van der Waals surface area contributed by atoms with Crippen molar-refractivity contribution in [2.75, 3.05) is 56.9 Å². The second-order valence-corrected chi connectivity index (χ2v) is 16.0. The van der Waals surface area contributed by atoms with Gasteiger partial charge in [0.15, 0.2) is 5.65 Å². The van der Waals surface area contributed by atoms with Crippen molar-refractivity contribution >= 4 is 52.2 Å². The number of piperidine rings is 3. The number of para-hydroxylation sites is 1. The standard InChI is InChI=1S/C44H47N11O6/c45-39-37-38(28-8-11-32(12-9-28)61-31-6-2-1-3-7-31)51-55(40(37)49-26-48-39)30-5-4-20-52(25-30)24-27-16-21-53(22-17-27)44(60)47-19-18-46-29-10-13-33-34(23-29)43(59)54(42(33)58)35-14-15-36(56)50-41(35)57/h1-3,6-13,23,26-27,30,35,46H,4-5,14-22,24-25H2,(H,47,60)(H2,45,48,49)(H,50,56,57). The Labute approximate surface area is 351 Å². The van der Waals surface area contributed by atoms with Gasteiger partial charge in [-0.15, -0.1) is 0 Å². The van der Waals surface area contributed by atoms with E-state index in [2.05, 4.69) is 30.8 Å². The highest BCUT2D eigenvalue weighted by Gasteiger charge is 2.44. The van der Waals surface area contributed by atoms with E-state index >= 15 is 0 Å². The molecule has 17 nitrogen and oxygen atoms in total. The average molecular weight is 826 g/mol. The lowest BCUT2D eigenvalue weighted by atomic mass is 9.95. The molecule has 5 N–H and O–H groups in total. The second kappa shape index (κ2) is 17.0. The van der Waals surface area contributed by atoms with E-state index in [0.29, 0.717) is 43.6 Å². The fourth-order valence-electron chi connectivity index (χ4n) is 8.91. The molecule has 0 bridgehead atoms. The minimum atomic E-state index is -1.02. The number of carbonyl (C=O) groups excluding carboxylic acids is 5. The Kier molecular flexibility index (Phi) is 11.0. The normalized spacial score (nSPS) is 19.9. The van der Waals surface area contributed by atoms with Crippen LogP contribution in [0.15, 0.2) is 79.1 Å². The molecule has 2 aromatic heterocycles. The quantitative estimate of drug-likeness (QED) is 0.108. The summed E-state index contributed by atoms with van der Waals surface area (Å²) in [5.74, 6) is 0.166. The van der Waals surface area contributed by atoms with Crippen LogP contribution in [-0.2, 0) is 9.59 Å². The summed E-state index contributed by atoms with van der Waals surface area (Å²) in [6, 6.07) is 21.3. The number of nitrogens with two attached hydrogens (primary N) is 1. The molecule has 314 valence electrons. The van der Waals surface area contributed by atoms with Crippen LogP contribution in [0.25, 0.3) is 22.3 Å². The van der Waals surface area contributed by atoms with Gasteiger partial charge in [0.25, 0.3) is 11.8 Å². The number of hydrogen-bond donors (Lipinski definition) is 4. The molecule has 3 fully saturated rings. The van der Waals surface area contributed by atoms with Gasteiger partial charge in [0.05, 0.1) is 22.6 Å². The van der Waals surface area contributed by atoms with Crippen molar-refractivity contribution in [2.24, 2.45) is 5.92 Å². The number of benzene rings is 3. The SMILES string of the molecule is Nc1ncnc2c1c(-c1ccc(Oc3ccccc3)cc1)nn2C1CCCN(CC2CCN(C(=O)NCCNc3ccc4c(c3)C(=O)N(C3CCC(=O)NC3=O)C4=O)CC2)C1. The Morgan fingerprint density at radius 1 is 0.852 bits per heavy atom. The maximum atomic E-state index is 13.2. The number of urea groups is 1. The summed E-state index contributed by atoms with van der Waals surface area (Å²) in [6.07, 6.45) is 5.48. The van der Waals surface area contributed by atoms with E-state index in [0.717, 1.165) is 84.0 Å². The monoisotopic (exact) mass is 825 g/mol. The number of fused-ring (bicyclic) bond motifs is 2. The third kappa shape index (κ3) is 8.20. The van der Waals surface area contributed by atoms with Gasteiger partial charge in [-0.2, -0.15) is 5.10 Å². The summed E-state index contributed by atoms with van der Waals surface area (Å²) in [5, 5.41) is 14.3. The van der Waals surface area contributed by atoms with Crippen LogP contribution in [0.5, 0.6) is 11.5 Å². The van der Waals surface area contributed by atoms with Crippen molar-refractivity contribution < 1.29 is 28.7 Å². The molecule has 3 saturated heterocycles. The maximum Gasteiger partial charge on any atom is 0.317 e. The van der Waals surface area contributed by atoms with E-state index in [1.165, 1.54) is 6.33 Å². The minimum Gasteiger partial charge on any atom is -0.457 e. The number of anilines is 2. The molecule has 4 aliphatic heterocycles. The molecule has 2 atom stereocenters. The molecule has 0 saturated carbocycles. The highest BCUT2D eigenvalue weighted by molar-refractivity contribution is 6.23. The first-order chi connectivity index (χ1) is 29.7. The number of amides is 6. The smallest absolute Gasteiger partial charge is 0.317 e. The predicted octanol–water partition coefficient (Wildman–Crippen LogP) is 4.44. The van der Waals surface area contributed by atoms with Gasteiger partial charge in [-0.1, -0.05) is 18.2 Å². The number of carbonyl (C=O) groups is 5. The fraction of sp³-hybridized carbons (Fsp3) is 0.364. The van der Waals surface area contributed by atoms with Crippen LogP contribution >= 0.6 is 0 Å². The summed E-state index contributed by atoms with van der Waals surface area (Å²) in [7, 11) is 0. The molecule has 2 unspecified atom stereocenters. The Morgan fingerprint density at radius 3 is 2.41 bits per heavy atom. The molecule has 4 aliphatic rings. The molecule has 3 aromatic carbocycles. The molecule has 6 heterocycles. The van der Waals surface area contributed by atoms with Crippen LogP contribution in [-0.4, -0.2) is 116 Å². The van der Waals surface area contributed by atoms with E-state index in [1.54, 1.807) is 18.2 Å². The lowest BCUT2D eigenvalue weighted by Crippen LogP contribution is -2.54. The first-order valence-electron chi connectivity index (χ1n) is 20.9. The summed E-state index contributed by atoms with van der Waals surface area (Å²) in [4.78, 5) is 77.5. The van der Waals surface area contributed by atoms with Crippen molar-refractivity contribution in [1.29, 1.82) is 0 Å². The largest absolute Gasteiger partial charge is 0.457 e. The van der Waals surface area contributed by atoms with Crippen molar-refractivity contribution in [3.63, 3.8) is 0 Å². The number of hydrogen-bond acceptors (Lipinski definition) is 12. The second-order valence-electron chi connectivity index (χ2n) is 16.0. The molecule has 9 rings (SSSR count). The number of nitrogens with one attached hydrogen (secondary N) is 3. The first-order valence-corrected chi connectivity index (χ1v) is 20.9. The van der Waals surface area contributed by atoms with Gasteiger partial charge in [0, 0.05) is 56.9 Å². The summed E-state index contributed by atoms with van der Waals surface area (Å²) < 4.78 is 8.04. The number of ether oxygens (including phenoxy) is 1. The van der Waals surface area contributed by atoms with Crippen LogP contribution in [0.1, 0.15) is 65.3 Å². The molecule has 5 aromatic rings. The molecule has 61 heavy (non-hydrogen) atoms. The summed E-state index contributed by atoms with van der Waals surface area (Å²) >= 11 is 0. The fourth-order valence-corrected chi connectivity index (χ4v) is 8.91. The number of aromatic nitrogens is 4. The predicted molar refractivity (Wildman–Crippen MR) is 226 cm³/mol. The lowest BCUT2D eigenvalue weighted by molar-refractivity contribution is -0.136. The lowest BCUT2D eigenvalue weighted by Gasteiger charge is -2.38. The van der Waals surface area contributed by atoms with Gasteiger partial charge >= 0.3 is 6.03 Å². The van der Waals surface area contributed by atoms with E-state index < -0.39 is 29.7 Å². The molecular weight excluding hydrogens is 779 g/mol. The van der Waals surface area contributed by atoms with Gasteiger partial charge in [-0.3, -0.25) is 29.4 Å². The van der Waals surface area contributed by atoms with Crippen molar-refractivity contribution in [2.45, 2.75) is 50.6 Å². The zero-order valence-electron chi connectivity index (χ0n) is 33.6. The average Bonchev–Trinajstić information content (AvgIpc) is 3.78. The number of nitrogens with zero attached hydrogens (tertiary/aromatic N) is 7.